The van der Waals surface area contributed by atoms with Gasteiger partial charge in [-0.2, -0.15) is 13.2 Å². The van der Waals surface area contributed by atoms with E-state index in [0.29, 0.717) is 18.5 Å². The molecule has 0 aromatic carbocycles. The summed E-state index contributed by atoms with van der Waals surface area (Å²) in [7, 11) is -2.16. The molecule has 0 fully saturated rings. The second kappa shape index (κ2) is 11.0. The van der Waals surface area contributed by atoms with E-state index < -0.39 is 44.5 Å². The van der Waals surface area contributed by atoms with Crippen molar-refractivity contribution >= 4 is 22.3 Å². The molecule has 1 amide bonds. The molecule has 1 aromatic heterocycles. The molecule has 0 radical (unpaired) electrons. The fraction of sp³-hybridized carbons (Fsp3) is 0.455. The van der Waals surface area contributed by atoms with Gasteiger partial charge < -0.3 is 19.7 Å². The minimum Gasteiger partial charge on any atom is -0.505 e. The van der Waals surface area contributed by atoms with Gasteiger partial charge in [0.25, 0.3) is 15.9 Å². The molecule has 0 unspecified atom stereocenters. The summed E-state index contributed by atoms with van der Waals surface area (Å²) in [5.41, 5.74) is -0.973. The number of furan rings is 1. The lowest BCUT2D eigenvalue weighted by molar-refractivity contribution is -0.125. The molecule has 194 valence electrons. The van der Waals surface area contributed by atoms with E-state index in [1.165, 1.54) is 31.3 Å². The summed E-state index contributed by atoms with van der Waals surface area (Å²) < 4.78 is 73.7. The van der Waals surface area contributed by atoms with Gasteiger partial charge in [-0.05, 0) is 37.8 Å². The third kappa shape index (κ3) is 6.68. The number of hydrogen-bond acceptors (Lipinski definition) is 7. The number of alkyl halides is 3. The second-order valence-corrected chi connectivity index (χ2v) is 9.78. The highest BCUT2D eigenvalue weighted by Crippen LogP contribution is 2.33. The largest absolute Gasteiger partial charge is 0.505 e. The highest BCUT2D eigenvalue weighted by Gasteiger charge is 2.45. The van der Waals surface area contributed by atoms with Gasteiger partial charge in [-0.15, -0.1) is 0 Å². The molecule has 0 aliphatic heterocycles. The standard InChI is InChI=1S/C22H29F3N4O5S/c1-6-15(17-8-7-11-34-17)26-12-27-35(32,33)20(22(23,24)25)14(3)28-16-10-9-13(2)18(19(16)30)21(31)29(4)5/h7-8,10-13,15,28,30H,6,9H2,1-5H3,(H,26,27)/b20-14+/t13-,15+/m0/s1. The maximum atomic E-state index is 13.8. The summed E-state index contributed by atoms with van der Waals surface area (Å²) >= 11 is 0. The molecule has 35 heavy (non-hydrogen) atoms. The number of aliphatic hydroxyl groups is 1. The zero-order valence-electron chi connectivity index (χ0n) is 20.0. The van der Waals surface area contributed by atoms with Crippen LogP contribution in [0.2, 0.25) is 0 Å². The fourth-order valence-corrected chi connectivity index (χ4v) is 4.56. The number of nitrogens with one attached hydrogen (secondary N) is 2. The van der Waals surface area contributed by atoms with Crippen LogP contribution in [-0.4, -0.2) is 50.9 Å². The monoisotopic (exact) mass is 518 g/mol. The highest BCUT2D eigenvalue weighted by atomic mass is 32.2. The van der Waals surface area contributed by atoms with Crippen molar-refractivity contribution in [2.24, 2.45) is 10.9 Å². The summed E-state index contributed by atoms with van der Waals surface area (Å²) in [6.45, 7) is 4.35. The molecule has 9 nitrogen and oxygen atoms in total. The van der Waals surface area contributed by atoms with Crippen LogP contribution in [0.15, 0.2) is 61.5 Å². The van der Waals surface area contributed by atoms with Crippen LogP contribution in [0.1, 0.15) is 45.4 Å². The third-order valence-corrected chi connectivity index (χ3v) is 6.72. The predicted molar refractivity (Wildman–Crippen MR) is 124 cm³/mol. The average Bonchev–Trinajstić information content (AvgIpc) is 3.26. The Bertz CT molecular complexity index is 1150. The Morgan fingerprint density at radius 1 is 1.40 bits per heavy atom. The zero-order chi connectivity index (χ0) is 26.6. The number of hydrogen-bond donors (Lipinski definition) is 3. The Hall–Kier alpha value is -3.22. The summed E-state index contributed by atoms with van der Waals surface area (Å²) in [4.78, 5) is 15.7. The number of sulfonamides is 1. The number of likely N-dealkylation sites (N-methyl/N-ethyl adjacent to an activating group) is 1. The molecule has 0 spiro atoms. The molecule has 1 aliphatic carbocycles. The SMILES string of the molecule is CC[C@@H](N=CNS(=O)(=O)/C(=C(\C)NC1=CC[C@H](C)C(C(=O)N(C)C)=C1O)C(F)(F)F)c1ccco1. The van der Waals surface area contributed by atoms with Crippen LogP contribution in [0, 0.1) is 5.92 Å². The fourth-order valence-electron chi connectivity index (χ4n) is 3.49. The lowest BCUT2D eigenvalue weighted by Crippen LogP contribution is -2.35. The second-order valence-electron chi connectivity index (χ2n) is 8.13. The maximum absolute atomic E-state index is 13.8. The quantitative estimate of drug-likeness (QED) is 0.337. The Labute approximate surface area is 202 Å². The van der Waals surface area contributed by atoms with Gasteiger partial charge in [0.1, 0.15) is 17.6 Å². The topological polar surface area (TPSA) is 124 Å². The Balaban J connectivity index is 2.38. The van der Waals surface area contributed by atoms with Crippen LogP contribution < -0.4 is 10.0 Å². The van der Waals surface area contributed by atoms with Gasteiger partial charge >= 0.3 is 6.18 Å². The molecule has 0 saturated carbocycles. The molecule has 13 heteroatoms. The van der Waals surface area contributed by atoms with E-state index in [9.17, 15) is 31.5 Å². The van der Waals surface area contributed by atoms with Crippen molar-refractivity contribution in [3.63, 3.8) is 0 Å². The smallest absolute Gasteiger partial charge is 0.430 e. The van der Waals surface area contributed by atoms with Crippen molar-refractivity contribution in [2.45, 2.75) is 45.8 Å². The van der Waals surface area contributed by atoms with Crippen LogP contribution in [0.5, 0.6) is 0 Å². The van der Waals surface area contributed by atoms with Gasteiger partial charge in [-0.1, -0.05) is 19.9 Å². The molecule has 2 rings (SSSR count). The van der Waals surface area contributed by atoms with Gasteiger partial charge in [-0.3, -0.25) is 14.5 Å². The molecule has 1 aliphatic rings. The molecule has 1 aromatic rings. The number of amides is 1. The molecular formula is C22H29F3N4O5S. The number of halogens is 3. The Morgan fingerprint density at radius 2 is 2.06 bits per heavy atom. The summed E-state index contributed by atoms with van der Waals surface area (Å²) in [6, 6.07) is 2.64. The Morgan fingerprint density at radius 3 is 2.57 bits per heavy atom. The zero-order valence-corrected chi connectivity index (χ0v) is 20.8. The van der Waals surface area contributed by atoms with E-state index >= 15 is 0 Å². The molecule has 2 atom stereocenters. The predicted octanol–water partition coefficient (Wildman–Crippen LogP) is 3.89. The molecule has 1 heterocycles. The summed E-state index contributed by atoms with van der Waals surface area (Å²) in [5, 5.41) is 12.9. The minimum atomic E-state index is -5.27. The van der Waals surface area contributed by atoms with Gasteiger partial charge in [0.2, 0.25) is 0 Å². The normalized spacial score (nSPS) is 18.7. The van der Waals surface area contributed by atoms with Crippen molar-refractivity contribution in [2.75, 3.05) is 14.1 Å². The van der Waals surface area contributed by atoms with Crippen LogP contribution >= 0.6 is 0 Å². The van der Waals surface area contributed by atoms with Gasteiger partial charge in [-0.25, -0.2) is 8.42 Å². The van der Waals surface area contributed by atoms with E-state index in [1.807, 2.05) is 0 Å². The number of aliphatic imine (C=N–C) groups is 1. The first-order valence-electron chi connectivity index (χ1n) is 10.7. The highest BCUT2D eigenvalue weighted by molar-refractivity contribution is 7.94. The lowest BCUT2D eigenvalue weighted by Gasteiger charge is -2.26. The number of carbonyl (C=O) groups excluding carboxylic acids is 1. The van der Waals surface area contributed by atoms with E-state index in [2.05, 4.69) is 10.3 Å². The summed E-state index contributed by atoms with van der Waals surface area (Å²) in [5.74, 6) is -1.01. The van der Waals surface area contributed by atoms with Gasteiger partial charge in [0, 0.05) is 19.8 Å². The van der Waals surface area contributed by atoms with Crippen LogP contribution in [0.3, 0.4) is 0 Å². The van der Waals surface area contributed by atoms with Crippen molar-refractivity contribution in [1.82, 2.24) is 14.9 Å². The number of nitrogens with zero attached hydrogens (tertiary/aromatic N) is 2. The number of rotatable bonds is 9. The number of aliphatic hydroxyl groups excluding tert-OH is 1. The van der Waals surface area contributed by atoms with E-state index in [1.54, 1.807) is 30.7 Å². The van der Waals surface area contributed by atoms with Crippen LogP contribution in [0.25, 0.3) is 0 Å². The van der Waals surface area contributed by atoms with Crippen LogP contribution in [-0.2, 0) is 14.8 Å². The molecule has 0 saturated heterocycles. The first-order chi connectivity index (χ1) is 16.2. The first kappa shape index (κ1) is 28.0. The third-order valence-electron chi connectivity index (χ3n) is 5.22. The van der Waals surface area contributed by atoms with E-state index in [-0.39, 0.29) is 23.6 Å². The lowest BCUT2D eigenvalue weighted by atomic mass is 9.89. The molecular weight excluding hydrogens is 489 g/mol. The van der Waals surface area contributed by atoms with Gasteiger partial charge in [0.15, 0.2) is 4.91 Å². The first-order valence-corrected chi connectivity index (χ1v) is 12.2. The summed E-state index contributed by atoms with van der Waals surface area (Å²) in [6.07, 6.45) is -1.12. The molecule has 0 bridgehead atoms. The van der Waals surface area contributed by atoms with Crippen molar-refractivity contribution < 1.29 is 35.9 Å². The number of carbonyl (C=O) groups is 1. The van der Waals surface area contributed by atoms with Crippen molar-refractivity contribution in [3.05, 3.63) is 57.9 Å². The van der Waals surface area contributed by atoms with Crippen molar-refractivity contribution in [3.8, 4) is 0 Å². The van der Waals surface area contributed by atoms with E-state index in [4.69, 9.17) is 4.42 Å². The Kier molecular flexibility index (Phi) is 8.82. The van der Waals surface area contributed by atoms with Gasteiger partial charge in [0.05, 0.1) is 23.9 Å². The van der Waals surface area contributed by atoms with Crippen LogP contribution in [0.4, 0.5) is 13.2 Å². The maximum Gasteiger partial charge on any atom is 0.430 e. The van der Waals surface area contributed by atoms with E-state index in [0.717, 1.165) is 6.92 Å². The molecule has 3 N–H and O–H groups in total. The van der Waals surface area contributed by atoms with Crippen molar-refractivity contribution in [1.29, 1.82) is 0 Å². The minimum absolute atomic E-state index is 0.0120. The average molecular weight is 519 g/mol. The number of allylic oxidation sites excluding steroid dienone is 3.